The third kappa shape index (κ3) is 2.85. The van der Waals surface area contributed by atoms with Gasteiger partial charge in [-0.25, -0.2) is 4.90 Å². The number of para-hydroxylation sites is 1. The van der Waals surface area contributed by atoms with Crippen molar-refractivity contribution in [3.63, 3.8) is 0 Å². The standard InChI is InChI=1S/C21H18N4O4S/c1-3-30-21-22-19(27)18-14-6-4-5-7-15(14)24(12(2)26)20(25(18)23-21)13-8-9-16-17(10-13)29-11-28-16/h4-10,20H,3,11H2,1-2H3/p+1/t20-/m0/s1. The number of hydrogen-bond acceptors (Lipinski definition) is 6. The van der Waals surface area contributed by atoms with Crippen LogP contribution >= 0.6 is 11.8 Å². The SMILES string of the molecule is CCSc1n[n+]2c(c(=O)[nH]1)-c1ccccc1N(C(C)=O)[C@@H]2c1ccc2c(c1)OCO2. The van der Waals surface area contributed by atoms with Gasteiger partial charge in [0.2, 0.25) is 17.9 Å². The number of ether oxygens (including phenoxy) is 2. The molecule has 9 heteroatoms. The van der Waals surface area contributed by atoms with Gasteiger partial charge in [0.1, 0.15) is 0 Å². The summed E-state index contributed by atoms with van der Waals surface area (Å²) < 4.78 is 12.6. The molecule has 1 N–H and O–H groups in total. The van der Waals surface area contributed by atoms with Crippen molar-refractivity contribution in [1.29, 1.82) is 0 Å². The lowest BCUT2D eigenvalue weighted by atomic mass is 10.0. The summed E-state index contributed by atoms with van der Waals surface area (Å²) in [4.78, 5) is 30.4. The minimum atomic E-state index is -0.639. The van der Waals surface area contributed by atoms with Gasteiger partial charge in [0, 0.05) is 17.6 Å². The number of thioether (sulfide) groups is 1. The van der Waals surface area contributed by atoms with E-state index in [2.05, 4.69) is 4.98 Å². The van der Waals surface area contributed by atoms with Crippen molar-refractivity contribution in [1.82, 2.24) is 10.1 Å². The molecule has 0 unspecified atom stereocenters. The van der Waals surface area contributed by atoms with Crippen LogP contribution in [0.25, 0.3) is 11.3 Å². The molecule has 0 aliphatic carbocycles. The molecule has 0 radical (unpaired) electrons. The number of amides is 1. The Morgan fingerprint density at radius 3 is 2.87 bits per heavy atom. The van der Waals surface area contributed by atoms with E-state index in [0.717, 1.165) is 11.3 Å². The number of hydrogen-bond donors (Lipinski definition) is 1. The van der Waals surface area contributed by atoms with Crippen LogP contribution in [0.2, 0.25) is 0 Å². The monoisotopic (exact) mass is 423 g/mol. The first-order valence-electron chi connectivity index (χ1n) is 9.56. The van der Waals surface area contributed by atoms with E-state index in [-0.39, 0.29) is 18.3 Å². The van der Waals surface area contributed by atoms with Crippen LogP contribution in [-0.4, -0.2) is 28.5 Å². The van der Waals surface area contributed by atoms with Crippen LogP contribution in [0, 0.1) is 0 Å². The molecular formula is C21H19N4O4S+. The van der Waals surface area contributed by atoms with Crippen molar-refractivity contribution >= 4 is 23.4 Å². The van der Waals surface area contributed by atoms with Crippen LogP contribution in [0.3, 0.4) is 0 Å². The average molecular weight is 423 g/mol. The molecule has 2 aliphatic rings. The maximum atomic E-state index is 13.1. The van der Waals surface area contributed by atoms with E-state index in [1.165, 1.54) is 18.7 Å². The van der Waals surface area contributed by atoms with E-state index in [1.54, 1.807) is 9.58 Å². The second-order valence-electron chi connectivity index (χ2n) is 6.88. The Bertz CT molecular complexity index is 1230. The molecule has 8 nitrogen and oxygen atoms in total. The normalized spacial score (nSPS) is 16.2. The molecule has 1 amide bonds. The molecule has 30 heavy (non-hydrogen) atoms. The maximum Gasteiger partial charge on any atom is 0.325 e. The van der Waals surface area contributed by atoms with Gasteiger partial charge in [-0.2, -0.15) is 0 Å². The topological polar surface area (TPSA) is 88.4 Å². The first-order valence-corrected chi connectivity index (χ1v) is 10.5. The highest BCUT2D eigenvalue weighted by Gasteiger charge is 2.45. The van der Waals surface area contributed by atoms with Crippen LogP contribution in [0.1, 0.15) is 25.6 Å². The molecule has 5 rings (SSSR count). The van der Waals surface area contributed by atoms with Gasteiger partial charge in [-0.05, 0) is 40.8 Å². The minimum absolute atomic E-state index is 0.154. The Morgan fingerprint density at radius 2 is 2.07 bits per heavy atom. The Hall–Kier alpha value is -3.33. The van der Waals surface area contributed by atoms with Crippen molar-refractivity contribution < 1.29 is 19.0 Å². The first kappa shape index (κ1) is 18.7. The van der Waals surface area contributed by atoms with E-state index in [0.29, 0.717) is 33.6 Å². The third-order valence-corrected chi connectivity index (χ3v) is 5.82. The fraction of sp³-hybridized carbons (Fsp3) is 0.238. The van der Waals surface area contributed by atoms with Crippen LogP contribution < -0.4 is 24.6 Å². The summed E-state index contributed by atoms with van der Waals surface area (Å²) in [5.41, 5.74) is 2.25. The Morgan fingerprint density at radius 1 is 1.27 bits per heavy atom. The van der Waals surface area contributed by atoms with Crippen LogP contribution in [0.15, 0.2) is 52.4 Å². The van der Waals surface area contributed by atoms with E-state index in [4.69, 9.17) is 14.6 Å². The number of rotatable bonds is 3. The Balaban J connectivity index is 1.81. The van der Waals surface area contributed by atoms with Crippen LogP contribution in [0.5, 0.6) is 11.5 Å². The van der Waals surface area contributed by atoms with Crippen molar-refractivity contribution in [2.24, 2.45) is 0 Å². The number of fused-ring (bicyclic) bond motifs is 4. The van der Waals surface area contributed by atoms with Crippen molar-refractivity contribution in [3.8, 4) is 22.8 Å². The van der Waals surface area contributed by atoms with E-state index < -0.39 is 6.17 Å². The smallest absolute Gasteiger partial charge is 0.325 e. The highest BCUT2D eigenvalue weighted by atomic mass is 32.2. The summed E-state index contributed by atoms with van der Waals surface area (Å²) in [6.45, 7) is 3.65. The Kier molecular flexibility index (Phi) is 4.47. The number of aromatic nitrogens is 3. The van der Waals surface area contributed by atoms with E-state index in [1.807, 2.05) is 49.4 Å². The van der Waals surface area contributed by atoms with Crippen LogP contribution in [-0.2, 0) is 4.79 Å². The predicted molar refractivity (Wildman–Crippen MR) is 111 cm³/mol. The number of anilines is 1. The molecule has 2 aromatic carbocycles. The molecular weight excluding hydrogens is 404 g/mol. The minimum Gasteiger partial charge on any atom is -0.454 e. The van der Waals surface area contributed by atoms with Gasteiger partial charge >= 0.3 is 11.3 Å². The summed E-state index contributed by atoms with van der Waals surface area (Å²) in [7, 11) is 0. The molecule has 152 valence electrons. The summed E-state index contributed by atoms with van der Waals surface area (Å²) in [5.74, 6) is 1.85. The molecule has 0 spiro atoms. The van der Waals surface area contributed by atoms with E-state index >= 15 is 0 Å². The number of carbonyl (C=O) groups is 1. The molecule has 0 bridgehead atoms. The highest BCUT2D eigenvalue weighted by molar-refractivity contribution is 7.99. The lowest BCUT2D eigenvalue weighted by Gasteiger charge is -2.31. The van der Waals surface area contributed by atoms with Crippen molar-refractivity contribution in [3.05, 3.63) is 58.4 Å². The number of nitrogens with zero attached hydrogens (tertiary/aromatic N) is 3. The number of aromatic amines is 1. The van der Waals surface area contributed by atoms with Gasteiger partial charge in [-0.3, -0.25) is 14.6 Å². The zero-order chi connectivity index (χ0) is 20.8. The number of benzene rings is 2. The Labute approximate surface area is 176 Å². The average Bonchev–Trinajstić information content (AvgIpc) is 3.20. The zero-order valence-corrected chi connectivity index (χ0v) is 17.2. The van der Waals surface area contributed by atoms with Crippen molar-refractivity contribution in [2.45, 2.75) is 25.2 Å². The lowest BCUT2D eigenvalue weighted by Crippen LogP contribution is -2.60. The fourth-order valence-electron chi connectivity index (χ4n) is 3.89. The number of nitrogens with one attached hydrogen (secondary N) is 1. The summed E-state index contributed by atoms with van der Waals surface area (Å²) in [6, 6.07) is 12.9. The number of carbonyl (C=O) groups excluding carboxylic acids is 1. The predicted octanol–water partition coefficient (Wildman–Crippen LogP) is 2.48. The second-order valence-corrected chi connectivity index (χ2v) is 8.13. The molecule has 1 aromatic heterocycles. The van der Waals surface area contributed by atoms with E-state index in [9.17, 15) is 9.59 Å². The summed E-state index contributed by atoms with van der Waals surface area (Å²) >= 11 is 1.43. The molecule has 0 fully saturated rings. The van der Waals surface area contributed by atoms with Gasteiger partial charge < -0.3 is 9.47 Å². The number of H-pyrrole nitrogens is 1. The van der Waals surface area contributed by atoms with Crippen LogP contribution in [0.4, 0.5) is 5.69 Å². The lowest BCUT2D eigenvalue weighted by molar-refractivity contribution is -0.763. The zero-order valence-electron chi connectivity index (χ0n) is 16.4. The van der Waals surface area contributed by atoms with Gasteiger partial charge in [0.15, 0.2) is 11.5 Å². The quantitative estimate of drug-likeness (QED) is 0.514. The molecule has 3 aromatic rings. The molecule has 2 aliphatic heterocycles. The van der Waals surface area contributed by atoms with Gasteiger partial charge in [0.25, 0.3) is 6.17 Å². The van der Waals surface area contributed by atoms with Gasteiger partial charge in [-0.15, -0.1) is 0 Å². The summed E-state index contributed by atoms with van der Waals surface area (Å²) in [6.07, 6.45) is -0.639. The first-order chi connectivity index (χ1) is 14.6. The second kappa shape index (κ2) is 7.17. The van der Waals surface area contributed by atoms with Crippen molar-refractivity contribution in [2.75, 3.05) is 17.4 Å². The fourth-order valence-corrected chi connectivity index (χ4v) is 4.47. The summed E-state index contributed by atoms with van der Waals surface area (Å²) in [5, 5.41) is 5.20. The maximum absolute atomic E-state index is 13.1. The molecule has 3 heterocycles. The van der Waals surface area contributed by atoms with Gasteiger partial charge in [-0.1, -0.05) is 30.8 Å². The molecule has 0 saturated carbocycles. The largest absolute Gasteiger partial charge is 0.454 e. The van der Waals surface area contributed by atoms with Gasteiger partial charge in [0.05, 0.1) is 11.3 Å². The molecule has 0 saturated heterocycles. The third-order valence-electron chi connectivity index (χ3n) is 5.07. The highest BCUT2D eigenvalue weighted by Crippen LogP contribution is 2.40. The molecule has 1 atom stereocenters.